The summed E-state index contributed by atoms with van der Waals surface area (Å²) in [5, 5.41) is 0. The predicted molar refractivity (Wildman–Crippen MR) is 67.5 cm³/mol. The summed E-state index contributed by atoms with van der Waals surface area (Å²) < 4.78 is 0. The molecule has 0 spiro atoms. The summed E-state index contributed by atoms with van der Waals surface area (Å²) in [5.74, 6) is 0.348. The molecule has 1 aliphatic rings. The second kappa shape index (κ2) is 6.81. The number of carbonyl (C=O) groups excluding carboxylic acids is 1. The van der Waals surface area contributed by atoms with E-state index in [0.29, 0.717) is 0 Å². The van der Waals surface area contributed by atoms with Gasteiger partial charge in [0.1, 0.15) is 0 Å². The van der Waals surface area contributed by atoms with E-state index in [2.05, 4.69) is 16.7 Å². The number of ketones is 1. The smallest absolute Gasteiger partial charge is 0.157 e. The van der Waals surface area contributed by atoms with E-state index in [1.807, 2.05) is 19.9 Å². The highest BCUT2D eigenvalue weighted by molar-refractivity contribution is 5.91. The van der Waals surface area contributed by atoms with E-state index >= 15 is 0 Å². The van der Waals surface area contributed by atoms with Gasteiger partial charge in [0.15, 0.2) is 5.78 Å². The zero-order chi connectivity index (χ0) is 12.0. The number of likely N-dealkylation sites (N-methyl/N-ethyl adjacent to an activating group) is 1. The molecule has 0 aromatic heterocycles. The van der Waals surface area contributed by atoms with Crippen LogP contribution in [-0.4, -0.2) is 54.9 Å². The van der Waals surface area contributed by atoms with E-state index in [4.69, 9.17) is 0 Å². The molecular weight excluding hydrogens is 200 g/mol. The van der Waals surface area contributed by atoms with Crippen LogP contribution in [0.15, 0.2) is 12.2 Å². The third-order valence-electron chi connectivity index (χ3n) is 3.13. The van der Waals surface area contributed by atoms with Crippen LogP contribution in [0.4, 0.5) is 0 Å². The van der Waals surface area contributed by atoms with Gasteiger partial charge in [-0.1, -0.05) is 26.8 Å². The van der Waals surface area contributed by atoms with E-state index in [1.54, 1.807) is 6.08 Å². The van der Waals surface area contributed by atoms with E-state index in [-0.39, 0.29) is 11.7 Å². The molecule has 0 aliphatic carbocycles. The van der Waals surface area contributed by atoms with Gasteiger partial charge >= 0.3 is 0 Å². The van der Waals surface area contributed by atoms with Crippen LogP contribution < -0.4 is 0 Å². The van der Waals surface area contributed by atoms with Crippen LogP contribution in [0.25, 0.3) is 0 Å². The molecule has 0 unspecified atom stereocenters. The largest absolute Gasteiger partial charge is 0.301 e. The molecule has 0 saturated carbocycles. The Morgan fingerprint density at radius 1 is 1.19 bits per heavy atom. The van der Waals surface area contributed by atoms with Gasteiger partial charge in [-0.25, -0.2) is 0 Å². The molecule has 92 valence electrons. The maximum absolute atomic E-state index is 11.4. The number of piperazine rings is 1. The first-order chi connectivity index (χ1) is 7.63. The lowest BCUT2D eigenvalue weighted by molar-refractivity contribution is -0.117. The molecule has 0 aromatic carbocycles. The van der Waals surface area contributed by atoms with Crippen LogP contribution in [0, 0.1) is 5.92 Å². The molecule has 1 saturated heterocycles. The molecular formula is C13H24N2O. The Bertz CT molecular complexity index is 240. The van der Waals surface area contributed by atoms with Gasteiger partial charge < -0.3 is 4.90 Å². The normalized spacial score (nSPS) is 19.8. The Kier molecular flexibility index (Phi) is 5.71. The Labute approximate surface area is 99.1 Å². The van der Waals surface area contributed by atoms with Crippen molar-refractivity contribution in [1.29, 1.82) is 0 Å². The molecule has 0 N–H and O–H groups in total. The summed E-state index contributed by atoms with van der Waals surface area (Å²) in [5.41, 5.74) is 0. The lowest BCUT2D eigenvalue weighted by atomic mass is 10.1. The molecule has 0 aromatic rings. The number of carbonyl (C=O) groups is 1. The average Bonchev–Trinajstić information content (AvgIpc) is 2.29. The fraction of sp³-hybridized carbons (Fsp3) is 0.769. The van der Waals surface area contributed by atoms with Gasteiger partial charge in [-0.2, -0.15) is 0 Å². The number of allylic oxidation sites excluding steroid dienone is 1. The Balaban J connectivity index is 2.22. The summed E-state index contributed by atoms with van der Waals surface area (Å²) >= 11 is 0. The molecule has 3 heteroatoms. The molecule has 0 bridgehead atoms. The third-order valence-corrected chi connectivity index (χ3v) is 3.13. The van der Waals surface area contributed by atoms with Crippen molar-refractivity contribution in [2.75, 3.05) is 39.3 Å². The summed E-state index contributed by atoms with van der Waals surface area (Å²) in [6.45, 7) is 12.7. The highest BCUT2D eigenvalue weighted by Crippen LogP contribution is 2.01. The van der Waals surface area contributed by atoms with E-state index < -0.39 is 0 Å². The van der Waals surface area contributed by atoms with Crippen molar-refractivity contribution in [2.45, 2.75) is 20.8 Å². The van der Waals surface area contributed by atoms with Gasteiger partial charge in [0.05, 0.1) is 0 Å². The van der Waals surface area contributed by atoms with Crippen molar-refractivity contribution in [3.05, 3.63) is 12.2 Å². The SMILES string of the molecule is CCN1CCN(C/C=C/C(=O)C(C)C)CC1. The standard InChI is InChI=1S/C13H24N2O/c1-4-14-8-10-15(11-9-14)7-5-6-13(16)12(2)3/h5-6,12H,4,7-11H2,1-3H3/b6-5+. The van der Waals surface area contributed by atoms with Gasteiger partial charge in [-0.05, 0) is 12.6 Å². The Morgan fingerprint density at radius 2 is 1.75 bits per heavy atom. The van der Waals surface area contributed by atoms with Crippen LogP contribution in [0.3, 0.4) is 0 Å². The summed E-state index contributed by atoms with van der Waals surface area (Å²) in [4.78, 5) is 16.2. The van der Waals surface area contributed by atoms with Crippen LogP contribution >= 0.6 is 0 Å². The minimum atomic E-state index is 0.119. The molecule has 0 amide bonds. The van der Waals surface area contributed by atoms with Gasteiger partial charge in [0, 0.05) is 38.6 Å². The average molecular weight is 224 g/mol. The van der Waals surface area contributed by atoms with Gasteiger partial charge in [-0.3, -0.25) is 9.69 Å². The minimum absolute atomic E-state index is 0.119. The number of hydrogen-bond donors (Lipinski definition) is 0. The third kappa shape index (κ3) is 4.45. The molecule has 16 heavy (non-hydrogen) atoms. The number of nitrogens with zero attached hydrogens (tertiary/aromatic N) is 2. The summed E-state index contributed by atoms with van der Waals surface area (Å²) in [6, 6.07) is 0. The van der Waals surface area contributed by atoms with E-state index in [9.17, 15) is 4.79 Å². The van der Waals surface area contributed by atoms with Gasteiger partial charge in [-0.15, -0.1) is 0 Å². The monoisotopic (exact) mass is 224 g/mol. The summed E-state index contributed by atoms with van der Waals surface area (Å²) in [7, 11) is 0. The molecule has 3 nitrogen and oxygen atoms in total. The van der Waals surface area contributed by atoms with Crippen molar-refractivity contribution in [3.63, 3.8) is 0 Å². The highest BCUT2D eigenvalue weighted by atomic mass is 16.1. The minimum Gasteiger partial charge on any atom is -0.301 e. The molecule has 1 aliphatic heterocycles. The molecule has 1 heterocycles. The Hall–Kier alpha value is -0.670. The first-order valence-corrected chi connectivity index (χ1v) is 6.28. The second-order valence-corrected chi connectivity index (χ2v) is 4.69. The maximum atomic E-state index is 11.4. The van der Waals surface area contributed by atoms with Crippen molar-refractivity contribution < 1.29 is 4.79 Å². The maximum Gasteiger partial charge on any atom is 0.157 e. The zero-order valence-electron chi connectivity index (χ0n) is 10.8. The second-order valence-electron chi connectivity index (χ2n) is 4.69. The van der Waals surface area contributed by atoms with Gasteiger partial charge in [0.2, 0.25) is 0 Å². The topological polar surface area (TPSA) is 23.6 Å². The Morgan fingerprint density at radius 3 is 2.25 bits per heavy atom. The van der Waals surface area contributed by atoms with E-state index in [1.165, 1.54) is 0 Å². The van der Waals surface area contributed by atoms with Crippen molar-refractivity contribution in [1.82, 2.24) is 9.80 Å². The van der Waals surface area contributed by atoms with Crippen LogP contribution in [-0.2, 0) is 4.79 Å². The first-order valence-electron chi connectivity index (χ1n) is 6.28. The van der Waals surface area contributed by atoms with Crippen molar-refractivity contribution >= 4 is 5.78 Å². The van der Waals surface area contributed by atoms with E-state index in [0.717, 1.165) is 39.3 Å². The molecule has 0 atom stereocenters. The van der Waals surface area contributed by atoms with Crippen LogP contribution in [0.1, 0.15) is 20.8 Å². The van der Waals surface area contributed by atoms with Gasteiger partial charge in [0.25, 0.3) is 0 Å². The van der Waals surface area contributed by atoms with Crippen molar-refractivity contribution in [2.24, 2.45) is 5.92 Å². The van der Waals surface area contributed by atoms with Crippen LogP contribution in [0.2, 0.25) is 0 Å². The fourth-order valence-electron chi connectivity index (χ4n) is 1.80. The number of rotatable bonds is 5. The summed E-state index contributed by atoms with van der Waals surface area (Å²) in [6.07, 6.45) is 3.74. The molecule has 0 radical (unpaired) electrons. The highest BCUT2D eigenvalue weighted by Gasteiger charge is 2.13. The quantitative estimate of drug-likeness (QED) is 0.660. The number of hydrogen-bond acceptors (Lipinski definition) is 3. The predicted octanol–water partition coefficient (Wildman–Crippen LogP) is 1.41. The molecule has 1 fully saturated rings. The lowest BCUT2D eigenvalue weighted by Gasteiger charge is -2.33. The zero-order valence-corrected chi connectivity index (χ0v) is 10.8. The molecule has 1 rings (SSSR count). The fourth-order valence-corrected chi connectivity index (χ4v) is 1.80. The van der Waals surface area contributed by atoms with Crippen molar-refractivity contribution in [3.8, 4) is 0 Å². The lowest BCUT2D eigenvalue weighted by Crippen LogP contribution is -2.46. The van der Waals surface area contributed by atoms with Crippen LogP contribution in [0.5, 0.6) is 0 Å². The first kappa shape index (κ1) is 13.4.